The molecule has 0 atom stereocenters. The summed E-state index contributed by atoms with van der Waals surface area (Å²) in [7, 11) is -1.63. The first-order valence-corrected chi connectivity index (χ1v) is 8.82. The summed E-state index contributed by atoms with van der Waals surface area (Å²) in [5, 5.41) is 3.43. The maximum atomic E-state index is 12.5. The molecule has 110 valence electrons. The number of hydrogen-bond acceptors (Lipinski definition) is 3. The lowest BCUT2D eigenvalue weighted by atomic mass is 9.94. The van der Waals surface area contributed by atoms with E-state index < -0.39 is 10.0 Å². The minimum Gasteiger partial charge on any atom is -0.310 e. The monoisotopic (exact) mass is 294 g/mol. The standard InChI is InChI=1S/C15H22N2O2S/c1-17(14-3-2-4-14)20(18,19)15-9-5-12(6-10-15)11-16-13-7-8-13/h5-6,9-10,13-14,16H,2-4,7-8,11H2,1H3. The van der Waals surface area contributed by atoms with Crippen molar-refractivity contribution in [3.63, 3.8) is 0 Å². The summed E-state index contributed by atoms with van der Waals surface area (Å²) in [6.07, 6.45) is 5.63. The van der Waals surface area contributed by atoms with Crippen molar-refractivity contribution in [2.45, 2.75) is 55.6 Å². The lowest BCUT2D eigenvalue weighted by Gasteiger charge is -2.33. The minimum atomic E-state index is -3.32. The molecule has 2 aliphatic rings. The summed E-state index contributed by atoms with van der Waals surface area (Å²) in [4.78, 5) is 0.405. The third-order valence-electron chi connectivity index (χ3n) is 4.36. The van der Waals surface area contributed by atoms with Gasteiger partial charge in [-0.25, -0.2) is 8.42 Å². The Morgan fingerprint density at radius 3 is 2.30 bits per heavy atom. The number of benzene rings is 1. The van der Waals surface area contributed by atoms with Gasteiger partial charge in [0.15, 0.2) is 0 Å². The minimum absolute atomic E-state index is 0.191. The molecule has 1 N–H and O–H groups in total. The fourth-order valence-electron chi connectivity index (χ4n) is 2.44. The van der Waals surface area contributed by atoms with Crippen LogP contribution in [0.5, 0.6) is 0 Å². The van der Waals surface area contributed by atoms with Crippen LogP contribution in [0.3, 0.4) is 0 Å². The Balaban J connectivity index is 1.68. The van der Waals surface area contributed by atoms with Crippen LogP contribution in [0.15, 0.2) is 29.2 Å². The molecule has 4 nitrogen and oxygen atoms in total. The zero-order valence-electron chi connectivity index (χ0n) is 11.9. The van der Waals surface area contributed by atoms with E-state index in [1.165, 1.54) is 17.1 Å². The molecule has 2 fully saturated rings. The molecule has 0 unspecified atom stereocenters. The summed E-state index contributed by atoms with van der Waals surface area (Å²) < 4.78 is 26.5. The van der Waals surface area contributed by atoms with Crippen molar-refractivity contribution >= 4 is 10.0 Å². The molecule has 1 aromatic rings. The van der Waals surface area contributed by atoms with Crippen LogP contribution in [-0.4, -0.2) is 31.9 Å². The van der Waals surface area contributed by atoms with E-state index in [1.807, 2.05) is 12.1 Å². The van der Waals surface area contributed by atoms with E-state index in [9.17, 15) is 8.42 Å². The van der Waals surface area contributed by atoms with Crippen molar-refractivity contribution in [2.24, 2.45) is 0 Å². The van der Waals surface area contributed by atoms with Crippen molar-refractivity contribution in [1.29, 1.82) is 0 Å². The van der Waals surface area contributed by atoms with Crippen LogP contribution in [0.1, 0.15) is 37.7 Å². The Kier molecular flexibility index (Phi) is 3.84. The topological polar surface area (TPSA) is 49.4 Å². The van der Waals surface area contributed by atoms with Crippen molar-refractivity contribution in [3.8, 4) is 0 Å². The van der Waals surface area contributed by atoms with Crippen LogP contribution >= 0.6 is 0 Å². The zero-order chi connectivity index (χ0) is 14.2. The summed E-state index contributed by atoms with van der Waals surface area (Å²) in [6, 6.07) is 8.15. The number of rotatable bonds is 6. The van der Waals surface area contributed by atoms with Crippen LogP contribution in [0, 0.1) is 0 Å². The third-order valence-corrected chi connectivity index (χ3v) is 6.29. The summed E-state index contributed by atoms with van der Waals surface area (Å²) >= 11 is 0. The molecular formula is C15H22N2O2S. The second-order valence-electron chi connectivity index (χ2n) is 5.91. The maximum Gasteiger partial charge on any atom is 0.243 e. The highest BCUT2D eigenvalue weighted by molar-refractivity contribution is 7.89. The van der Waals surface area contributed by atoms with E-state index in [2.05, 4.69) is 5.32 Å². The van der Waals surface area contributed by atoms with Crippen molar-refractivity contribution < 1.29 is 8.42 Å². The predicted octanol–water partition coefficient (Wildman–Crippen LogP) is 2.11. The first kappa shape index (κ1) is 14.0. The average Bonchev–Trinajstić information content (AvgIpc) is 3.19. The third kappa shape index (κ3) is 2.90. The van der Waals surface area contributed by atoms with Crippen LogP contribution in [0.25, 0.3) is 0 Å². The predicted molar refractivity (Wildman–Crippen MR) is 78.9 cm³/mol. The number of nitrogens with zero attached hydrogens (tertiary/aromatic N) is 1. The van der Waals surface area contributed by atoms with Crippen LogP contribution < -0.4 is 5.32 Å². The van der Waals surface area contributed by atoms with Gasteiger partial charge in [0.1, 0.15) is 0 Å². The van der Waals surface area contributed by atoms with Crippen molar-refractivity contribution in [2.75, 3.05) is 7.05 Å². The second-order valence-corrected chi connectivity index (χ2v) is 7.90. The molecule has 0 radical (unpaired) electrons. The summed E-state index contributed by atoms with van der Waals surface area (Å²) in [6.45, 7) is 0.823. The van der Waals surface area contributed by atoms with Gasteiger partial charge in [-0.3, -0.25) is 0 Å². The first-order valence-electron chi connectivity index (χ1n) is 7.38. The second kappa shape index (κ2) is 5.47. The fraction of sp³-hybridized carbons (Fsp3) is 0.600. The van der Waals surface area contributed by atoms with Gasteiger partial charge >= 0.3 is 0 Å². The molecule has 0 heterocycles. The largest absolute Gasteiger partial charge is 0.310 e. The van der Waals surface area contributed by atoms with E-state index >= 15 is 0 Å². The van der Waals surface area contributed by atoms with E-state index in [1.54, 1.807) is 19.2 Å². The van der Waals surface area contributed by atoms with Gasteiger partial charge in [0, 0.05) is 25.7 Å². The summed E-state index contributed by atoms with van der Waals surface area (Å²) in [5.74, 6) is 0. The highest BCUT2D eigenvalue weighted by Gasteiger charge is 2.31. The van der Waals surface area contributed by atoms with Crippen molar-refractivity contribution in [1.82, 2.24) is 9.62 Å². The number of nitrogens with one attached hydrogen (secondary N) is 1. The average molecular weight is 294 g/mol. The molecule has 1 aromatic carbocycles. The normalized spacial score (nSPS) is 20.1. The Morgan fingerprint density at radius 2 is 1.80 bits per heavy atom. The fourth-order valence-corrected chi connectivity index (χ4v) is 3.86. The van der Waals surface area contributed by atoms with Gasteiger partial charge in [-0.15, -0.1) is 0 Å². The van der Waals surface area contributed by atoms with Crippen LogP contribution in [0.4, 0.5) is 0 Å². The number of sulfonamides is 1. The van der Waals surface area contributed by atoms with Gasteiger partial charge in [0.05, 0.1) is 4.90 Å². The Labute approximate surface area is 121 Å². The molecule has 0 saturated heterocycles. The molecule has 2 saturated carbocycles. The van der Waals surface area contributed by atoms with Gasteiger partial charge in [-0.1, -0.05) is 18.6 Å². The molecule has 0 bridgehead atoms. The molecule has 5 heteroatoms. The number of hydrogen-bond donors (Lipinski definition) is 1. The lowest BCUT2D eigenvalue weighted by molar-refractivity contribution is 0.249. The van der Waals surface area contributed by atoms with Gasteiger partial charge < -0.3 is 5.32 Å². The van der Waals surface area contributed by atoms with E-state index in [0.717, 1.165) is 31.4 Å². The SMILES string of the molecule is CN(C1CCC1)S(=O)(=O)c1ccc(CNC2CC2)cc1. The highest BCUT2D eigenvalue weighted by atomic mass is 32.2. The molecule has 20 heavy (non-hydrogen) atoms. The maximum absolute atomic E-state index is 12.5. The van der Waals surface area contributed by atoms with Crippen molar-refractivity contribution in [3.05, 3.63) is 29.8 Å². The molecule has 0 aromatic heterocycles. The van der Waals surface area contributed by atoms with Crippen LogP contribution in [-0.2, 0) is 16.6 Å². The van der Waals surface area contributed by atoms with Gasteiger partial charge in [-0.2, -0.15) is 4.31 Å². The first-order chi connectivity index (χ1) is 9.57. The zero-order valence-corrected chi connectivity index (χ0v) is 12.7. The van der Waals surface area contributed by atoms with E-state index in [0.29, 0.717) is 10.9 Å². The Hall–Kier alpha value is -0.910. The molecule has 3 rings (SSSR count). The van der Waals surface area contributed by atoms with Crippen LogP contribution in [0.2, 0.25) is 0 Å². The van der Waals surface area contributed by atoms with Gasteiger partial charge in [0.2, 0.25) is 10.0 Å². The van der Waals surface area contributed by atoms with E-state index in [4.69, 9.17) is 0 Å². The molecule has 0 aliphatic heterocycles. The quantitative estimate of drug-likeness (QED) is 0.874. The van der Waals surface area contributed by atoms with Gasteiger partial charge in [-0.05, 0) is 43.4 Å². The molecule has 0 spiro atoms. The molecule has 2 aliphatic carbocycles. The smallest absolute Gasteiger partial charge is 0.243 e. The lowest BCUT2D eigenvalue weighted by Crippen LogP contribution is -2.41. The Bertz CT molecular complexity index is 560. The van der Waals surface area contributed by atoms with E-state index in [-0.39, 0.29) is 6.04 Å². The Morgan fingerprint density at radius 1 is 1.15 bits per heavy atom. The highest BCUT2D eigenvalue weighted by Crippen LogP contribution is 2.28. The molecule has 0 amide bonds. The molecular weight excluding hydrogens is 272 g/mol. The summed E-state index contributed by atoms with van der Waals surface area (Å²) in [5.41, 5.74) is 1.14. The van der Waals surface area contributed by atoms with Gasteiger partial charge in [0.25, 0.3) is 0 Å².